The fraction of sp³-hybridized carbons (Fsp3) is 0.333. The SMILES string of the molecule is Fc1cc(Sc2nnnn2C2CC2)ccn1. The summed E-state index contributed by atoms with van der Waals surface area (Å²) in [5.74, 6) is -0.490. The summed E-state index contributed by atoms with van der Waals surface area (Å²) in [5.41, 5.74) is 0. The van der Waals surface area contributed by atoms with Gasteiger partial charge in [0, 0.05) is 17.2 Å². The zero-order valence-corrected chi connectivity index (χ0v) is 9.06. The van der Waals surface area contributed by atoms with E-state index < -0.39 is 5.95 Å². The van der Waals surface area contributed by atoms with Gasteiger partial charge < -0.3 is 0 Å². The van der Waals surface area contributed by atoms with E-state index in [9.17, 15) is 4.39 Å². The zero-order chi connectivity index (χ0) is 11.0. The van der Waals surface area contributed by atoms with Crippen LogP contribution in [-0.2, 0) is 0 Å². The van der Waals surface area contributed by atoms with Crippen LogP contribution in [0.2, 0.25) is 0 Å². The summed E-state index contributed by atoms with van der Waals surface area (Å²) >= 11 is 1.35. The standard InChI is InChI=1S/C9H8FN5S/c10-8-5-7(3-4-11-8)16-9-12-13-14-15(9)6-1-2-6/h3-6H,1-2H2. The third-order valence-corrected chi connectivity index (χ3v) is 3.20. The zero-order valence-electron chi connectivity index (χ0n) is 8.25. The minimum absolute atomic E-state index is 0.421. The molecule has 16 heavy (non-hydrogen) atoms. The largest absolute Gasteiger partial charge is 0.228 e. The maximum atomic E-state index is 12.9. The van der Waals surface area contributed by atoms with E-state index in [1.807, 2.05) is 0 Å². The average Bonchev–Trinajstić information content (AvgIpc) is 3.00. The number of nitrogens with zero attached hydrogens (tertiary/aromatic N) is 5. The van der Waals surface area contributed by atoms with Gasteiger partial charge >= 0.3 is 0 Å². The Morgan fingerprint density at radius 2 is 2.31 bits per heavy atom. The predicted octanol–water partition coefficient (Wildman–Crippen LogP) is 1.69. The fourth-order valence-electron chi connectivity index (χ4n) is 1.35. The Kier molecular flexibility index (Phi) is 2.32. The second-order valence-electron chi connectivity index (χ2n) is 3.55. The lowest BCUT2D eigenvalue weighted by molar-refractivity contribution is 0.564. The van der Waals surface area contributed by atoms with Gasteiger partial charge in [-0.25, -0.2) is 9.67 Å². The Bertz CT molecular complexity index is 510. The van der Waals surface area contributed by atoms with Crippen LogP contribution >= 0.6 is 11.8 Å². The minimum atomic E-state index is -0.490. The third-order valence-electron chi connectivity index (χ3n) is 2.26. The second kappa shape index (κ2) is 3.82. The second-order valence-corrected chi connectivity index (χ2v) is 4.59. The van der Waals surface area contributed by atoms with Gasteiger partial charge in [-0.05, 0) is 41.1 Å². The van der Waals surface area contributed by atoms with Crippen molar-refractivity contribution in [2.24, 2.45) is 0 Å². The first kappa shape index (κ1) is 9.71. The van der Waals surface area contributed by atoms with Crippen LogP contribution in [0.5, 0.6) is 0 Å². The molecule has 0 amide bonds. The van der Waals surface area contributed by atoms with E-state index in [0.29, 0.717) is 11.2 Å². The molecule has 1 aliphatic carbocycles. The van der Waals surface area contributed by atoms with Crippen LogP contribution in [0.15, 0.2) is 28.4 Å². The predicted molar refractivity (Wildman–Crippen MR) is 54.4 cm³/mol. The Morgan fingerprint density at radius 3 is 3.06 bits per heavy atom. The maximum Gasteiger partial charge on any atom is 0.214 e. The van der Waals surface area contributed by atoms with Crippen LogP contribution in [0.25, 0.3) is 0 Å². The van der Waals surface area contributed by atoms with Crippen LogP contribution in [0.1, 0.15) is 18.9 Å². The lowest BCUT2D eigenvalue weighted by Crippen LogP contribution is -1.98. The lowest BCUT2D eigenvalue weighted by atomic mass is 10.5. The molecule has 0 spiro atoms. The number of hydrogen-bond donors (Lipinski definition) is 0. The van der Waals surface area contributed by atoms with Crippen molar-refractivity contribution in [2.75, 3.05) is 0 Å². The molecule has 2 aromatic heterocycles. The maximum absolute atomic E-state index is 12.9. The molecule has 3 rings (SSSR count). The molecular formula is C9H8FN5S. The van der Waals surface area contributed by atoms with Gasteiger partial charge in [0.15, 0.2) is 0 Å². The van der Waals surface area contributed by atoms with Crippen LogP contribution in [0.3, 0.4) is 0 Å². The first-order valence-electron chi connectivity index (χ1n) is 4.90. The Balaban J connectivity index is 1.85. The van der Waals surface area contributed by atoms with Gasteiger partial charge in [0.1, 0.15) is 0 Å². The molecule has 0 radical (unpaired) electrons. The summed E-state index contributed by atoms with van der Waals surface area (Å²) in [4.78, 5) is 4.25. The van der Waals surface area contributed by atoms with Gasteiger partial charge in [0.05, 0.1) is 6.04 Å². The van der Waals surface area contributed by atoms with E-state index in [1.165, 1.54) is 24.0 Å². The highest BCUT2D eigenvalue weighted by atomic mass is 32.2. The van der Waals surface area contributed by atoms with Crippen molar-refractivity contribution >= 4 is 11.8 Å². The summed E-state index contributed by atoms with van der Waals surface area (Å²) in [6.07, 6.45) is 3.66. The minimum Gasteiger partial charge on any atom is -0.228 e. The van der Waals surface area contributed by atoms with Crippen LogP contribution in [-0.4, -0.2) is 25.2 Å². The summed E-state index contributed by atoms with van der Waals surface area (Å²) in [7, 11) is 0. The first-order valence-corrected chi connectivity index (χ1v) is 5.72. The molecule has 0 aromatic carbocycles. The number of halogens is 1. The van der Waals surface area contributed by atoms with Crippen LogP contribution < -0.4 is 0 Å². The molecule has 0 atom stereocenters. The van der Waals surface area contributed by atoms with Crippen molar-refractivity contribution in [2.45, 2.75) is 28.9 Å². The molecule has 1 aliphatic rings. The smallest absolute Gasteiger partial charge is 0.214 e. The first-order chi connectivity index (χ1) is 7.83. The van der Waals surface area contributed by atoms with Crippen molar-refractivity contribution in [3.05, 3.63) is 24.3 Å². The normalized spacial score (nSPS) is 15.3. The average molecular weight is 237 g/mol. The summed E-state index contributed by atoms with van der Waals surface area (Å²) in [5, 5.41) is 12.2. The molecule has 0 unspecified atom stereocenters. The van der Waals surface area contributed by atoms with Gasteiger partial charge in [0.2, 0.25) is 11.1 Å². The molecule has 1 saturated carbocycles. The van der Waals surface area contributed by atoms with Crippen LogP contribution in [0.4, 0.5) is 4.39 Å². The van der Waals surface area contributed by atoms with E-state index in [4.69, 9.17) is 0 Å². The Labute approximate surface area is 95.1 Å². The monoisotopic (exact) mass is 237 g/mol. The molecule has 0 N–H and O–H groups in total. The molecule has 0 bridgehead atoms. The van der Waals surface area contributed by atoms with E-state index in [0.717, 1.165) is 17.7 Å². The molecule has 82 valence electrons. The van der Waals surface area contributed by atoms with Gasteiger partial charge in [0.25, 0.3) is 0 Å². The number of tetrazole rings is 1. The van der Waals surface area contributed by atoms with Crippen molar-refractivity contribution < 1.29 is 4.39 Å². The Morgan fingerprint density at radius 1 is 1.44 bits per heavy atom. The number of rotatable bonds is 3. The van der Waals surface area contributed by atoms with Crippen molar-refractivity contribution in [3.63, 3.8) is 0 Å². The van der Waals surface area contributed by atoms with Gasteiger partial charge in [-0.2, -0.15) is 4.39 Å². The molecule has 1 fully saturated rings. The highest BCUT2D eigenvalue weighted by Crippen LogP contribution is 2.37. The summed E-state index contributed by atoms with van der Waals surface area (Å²) < 4.78 is 14.7. The van der Waals surface area contributed by atoms with Crippen LogP contribution in [0, 0.1) is 5.95 Å². The number of aromatic nitrogens is 5. The lowest BCUT2D eigenvalue weighted by Gasteiger charge is -2.01. The number of pyridine rings is 1. The Hall–Kier alpha value is -1.50. The van der Waals surface area contributed by atoms with Gasteiger partial charge in [-0.3, -0.25) is 0 Å². The molecule has 0 saturated heterocycles. The van der Waals surface area contributed by atoms with E-state index in [2.05, 4.69) is 20.5 Å². The highest BCUT2D eigenvalue weighted by Gasteiger charge is 2.28. The topological polar surface area (TPSA) is 56.5 Å². The van der Waals surface area contributed by atoms with E-state index in [1.54, 1.807) is 10.7 Å². The quantitative estimate of drug-likeness (QED) is 0.760. The third kappa shape index (κ3) is 1.90. The van der Waals surface area contributed by atoms with Gasteiger partial charge in [-0.1, -0.05) is 0 Å². The molecule has 0 aliphatic heterocycles. The highest BCUT2D eigenvalue weighted by molar-refractivity contribution is 7.99. The molecular weight excluding hydrogens is 229 g/mol. The van der Waals surface area contributed by atoms with Crippen molar-refractivity contribution in [1.29, 1.82) is 0 Å². The number of hydrogen-bond acceptors (Lipinski definition) is 5. The molecule has 7 heteroatoms. The van der Waals surface area contributed by atoms with Crippen molar-refractivity contribution in [1.82, 2.24) is 25.2 Å². The summed E-state index contributed by atoms with van der Waals surface area (Å²) in [6, 6.07) is 3.53. The van der Waals surface area contributed by atoms with Crippen molar-refractivity contribution in [3.8, 4) is 0 Å². The molecule has 5 nitrogen and oxygen atoms in total. The van der Waals surface area contributed by atoms with E-state index >= 15 is 0 Å². The summed E-state index contributed by atoms with van der Waals surface area (Å²) in [6.45, 7) is 0. The van der Waals surface area contributed by atoms with Gasteiger partial charge in [-0.15, -0.1) is 5.10 Å². The van der Waals surface area contributed by atoms with E-state index in [-0.39, 0.29) is 0 Å². The molecule has 2 aromatic rings. The fourth-order valence-corrected chi connectivity index (χ4v) is 2.21. The molecule has 2 heterocycles.